The summed E-state index contributed by atoms with van der Waals surface area (Å²) in [5.41, 5.74) is 0. The van der Waals surface area contributed by atoms with Crippen LogP contribution in [0.2, 0.25) is 0 Å². The second-order valence-electron chi connectivity index (χ2n) is 3.38. The van der Waals surface area contributed by atoms with E-state index in [-0.39, 0.29) is 5.97 Å². The van der Waals surface area contributed by atoms with Gasteiger partial charge >= 0.3 is 5.97 Å². The molecule has 0 N–H and O–H groups in total. The van der Waals surface area contributed by atoms with E-state index in [2.05, 4.69) is 13.8 Å². The number of carbonyl (C=O) groups is 1. The third-order valence-corrected chi connectivity index (χ3v) is 2.00. The number of hydrogen-bond donors (Lipinski definition) is 0. The maximum Gasteiger partial charge on any atom is 0.305 e. The molecule has 0 spiro atoms. The zero-order valence-electron chi connectivity index (χ0n) is 8.97. The first-order valence-corrected chi connectivity index (χ1v) is 5.46. The summed E-state index contributed by atoms with van der Waals surface area (Å²) < 4.78 is 5.05. The smallest absolute Gasteiger partial charge is 0.305 e. The summed E-state index contributed by atoms with van der Waals surface area (Å²) in [5, 5.41) is 0. The average molecular weight is 186 g/mol. The zero-order valence-corrected chi connectivity index (χ0v) is 8.97. The summed E-state index contributed by atoms with van der Waals surface area (Å²) in [7, 11) is 0. The number of carbonyl (C=O) groups excluding carboxylic acids is 1. The van der Waals surface area contributed by atoms with Crippen molar-refractivity contribution in [1.82, 2.24) is 0 Å². The van der Waals surface area contributed by atoms with Gasteiger partial charge in [0.25, 0.3) is 0 Å². The molecular formula is C11H22O2. The second-order valence-corrected chi connectivity index (χ2v) is 3.38. The summed E-state index contributed by atoms with van der Waals surface area (Å²) in [5.74, 6) is -0.0293. The monoisotopic (exact) mass is 186 g/mol. The highest BCUT2D eigenvalue weighted by atomic mass is 16.5. The number of hydrogen-bond acceptors (Lipinski definition) is 2. The van der Waals surface area contributed by atoms with Crippen molar-refractivity contribution in [2.24, 2.45) is 0 Å². The fourth-order valence-corrected chi connectivity index (χ4v) is 1.11. The summed E-state index contributed by atoms with van der Waals surface area (Å²) in [6, 6.07) is 0. The molecule has 0 unspecified atom stereocenters. The van der Waals surface area contributed by atoms with E-state index in [0.717, 1.165) is 19.3 Å². The van der Waals surface area contributed by atoms with Gasteiger partial charge in [-0.15, -0.1) is 0 Å². The van der Waals surface area contributed by atoms with Crippen molar-refractivity contribution < 1.29 is 9.53 Å². The molecule has 0 fully saturated rings. The maximum absolute atomic E-state index is 11.0. The van der Waals surface area contributed by atoms with E-state index in [1.165, 1.54) is 19.3 Å². The average Bonchev–Trinajstić information content (AvgIpc) is 2.14. The van der Waals surface area contributed by atoms with Gasteiger partial charge in [-0.1, -0.05) is 39.5 Å². The third-order valence-electron chi connectivity index (χ3n) is 2.00. The quantitative estimate of drug-likeness (QED) is 0.429. The van der Waals surface area contributed by atoms with E-state index < -0.39 is 0 Å². The molecule has 2 nitrogen and oxygen atoms in total. The topological polar surface area (TPSA) is 26.3 Å². The predicted molar refractivity (Wildman–Crippen MR) is 54.6 cm³/mol. The van der Waals surface area contributed by atoms with E-state index in [1.807, 2.05) is 0 Å². The van der Waals surface area contributed by atoms with Gasteiger partial charge < -0.3 is 4.74 Å². The van der Waals surface area contributed by atoms with E-state index in [0.29, 0.717) is 13.0 Å². The Balaban J connectivity index is 3.08. The first kappa shape index (κ1) is 12.5. The van der Waals surface area contributed by atoms with Gasteiger partial charge in [0.1, 0.15) is 0 Å². The minimum atomic E-state index is -0.0293. The Bertz CT molecular complexity index is 121. The Morgan fingerprint density at radius 3 is 2.31 bits per heavy atom. The lowest BCUT2D eigenvalue weighted by Gasteiger charge is -2.03. The van der Waals surface area contributed by atoms with E-state index in [1.54, 1.807) is 0 Å². The van der Waals surface area contributed by atoms with Crippen molar-refractivity contribution in [3.05, 3.63) is 0 Å². The lowest BCUT2D eigenvalue weighted by Crippen LogP contribution is -2.05. The minimum absolute atomic E-state index is 0.0293. The summed E-state index contributed by atoms with van der Waals surface area (Å²) in [4.78, 5) is 11.0. The van der Waals surface area contributed by atoms with Crippen molar-refractivity contribution in [2.75, 3.05) is 6.61 Å². The van der Waals surface area contributed by atoms with Crippen molar-refractivity contribution in [3.63, 3.8) is 0 Å². The molecule has 0 saturated heterocycles. The van der Waals surface area contributed by atoms with Gasteiger partial charge in [0.2, 0.25) is 0 Å². The van der Waals surface area contributed by atoms with Crippen LogP contribution in [0, 0.1) is 0 Å². The highest BCUT2D eigenvalue weighted by Gasteiger charge is 2.00. The lowest BCUT2D eigenvalue weighted by molar-refractivity contribution is -0.143. The molecule has 78 valence electrons. The van der Waals surface area contributed by atoms with Gasteiger partial charge in [0, 0.05) is 6.42 Å². The van der Waals surface area contributed by atoms with Crippen LogP contribution in [0.5, 0.6) is 0 Å². The Morgan fingerprint density at radius 2 is 1.69 bits per heavy atom. The molecule has 0 atom stereocenters. The van der Waals surface area contributed by atoms with Crippen molar-refractivity contribution in [1.29, 1.82) is 0 Å². The molecule has 0 amide bonds. The van der Waals surface area contributed by atoms with E-state index in [9.17, 15) is 4.79 Å². The molecular weight excluding hydrogens is 164 g/mol. The molecule has 0 radical (unpaired) electrons. The first-order chi connectivity index (χ1) is 6.31. The van der Waals surface area contributed by atoms with E-state index >= 15 is 0 Å². The normalized spacial score (nSPS) is 10.0. The molecule has 0 aliphatic rings. The Morgan fingerprint density at radius 1 is 1.00 bits per heavy atom. The van der Waals surface area contributed by atoms with Crippen LogP contribution in [0.25, 0.3) is 0 Å². The standard InChI is InChI=1S/C11H22O2/c1-3-5-7-8-10-13-11(12)9-6-4-2/h3-10H2,1-2H3. The molecule has 0 heterocycles. The predicted octanol–water partition coefficient (Wildman–Crippen LogP) is 3.30. The Labute approximate surface area is 81.7 Å². The van der Waals surface area contributed by atoms with Crippen molar-refractivity contribution in [2.45, 2.75) is 58.8 Å². The highest BCUT2D eigenvalue weighted by molar-refractivity contribution is 5.69. The first-order valence-electron chi connectivity index (χ1n) is 5.46. The van der Waals surface area contributed by atoms with Gasteiger partial charge in [-0.25, -0.2) is 0 Å². The van der Waals surface area contributed by atoms with E-state index in [4.69, 9.17) is 4.74 Å². The zero-order chi connectivity index (χ0) is 9.94. The van der Waals surface area contributed by atoms with Crippen LogP contribution in [-0.2, 0) is 9.53 Å². The SMILES string of the molecule is CCCCCCOC(=O)CCCC. The molecule has 0 aromatic heterocycles. The van der Waals surface area contributed by atoms with Crippen LogP contribution in [-0.4, -0.2) is 12.6 Å². The molecule has 0 saturated carbocycles. The van der Waals surface area contributed by atoms with Gasteiger partial charge in [-0.2, -0.15) is 0 Å². The minimum Gasteiger partial charge on any atom is -0.466 e. The maximum atomic E-state index is 11.0. The van der Waals surface area contributed by atoms with Crippen LogP contribution < -0.4 is 0 Å². The fourth-order valence-electron chi connectivity index (χ4n) is 1.11. The summed E-state index contributed by atoms with van der Waals surface area (Å²) >= 11 is 0. The highest BCUT2D eigenvalue weighted by Crippen LogP contribution is 2.01. The fraction of sp³-hybridized carbons (Fsp3) is 0.909. The molecule has 13 heavy (non-hydrogen) atoms. The number of ether oxygens (including phenoxy) is 1. The molecule has 0 aliphatic carbocycles. The molecule has 0 rings (SSSR count). The number of rotatable bonds is 8. The molecule has 0 aromatic rings. The molecule has 0 aliphatic heterocycles. The molecule has 2 heteroatoms. The Hall–Kier alpha value is -0.530. The van der Waals surface area contributed by atoms with Crippen LogP contribution >= 0.6 is 0 Å². The molecule has 0 aromatic carbocycles. The lowest BCUT2D eigenvalue weighted by atomic mass is 10.2. The van der Waals surface area contributed by atoms with Gasteiger partial charge in [0.15, 0.2) is 0 Å². The van der Waals surface area contributed by atoms with Gasteiger partial charge in [0.05, 0.1) is 6.61 Å². The summed E-state index contributed by atoms with van der Waals surface area (Å²) in [6.45, 7) is 4.87. The van der Waals surface area contributed by atoms with Crippen molar-refractivity contribution in [3.8, 4) is 0 Å². The third kappa shape index (κ3) is 9.38. The van der Waals surface area contributed by atoms with Gasteiger partial charge in [-0.05, 0) is 12.8 Å². The number of esters is 1. The van der Waals surface area contributed by atoms with Crippen molar-refractivity contribution >= 4 is 5.97 Å². The van der Waals surface area contributed by atoms with Crippen LogP contribution in [0.3, 0.4) is 0 Å². The van der Waals surface area contributed by atoms with Crippen LogP contribution in [0.4, 0.5) is 0 Å². The van der Waals surface area contributed by atoms with Gasteiger partial charge in [-0.3, -0.25) is 4.79 Å². The Kier molecular flexibility index (Phi) is 9.17. The number of unbranched alkanes of at least 4 members (excludes halogenated alkanes) is 4. The molecule has 0 bridgehead atoms. The second kappa shape index (κ2) is 9.56. The summed E-state index contributed by atoms with van der Waals surface area (Å²) in [6.07, 6.45) is 7.27. The largest absolute Gasteiger partial charge is 0.466 e. The van der Waals surface area contributed by atoms with Crippen LogP contribution in [0.1, 0.15) is 58.8 Å². The van der Waals surface area contributed by atoms with Crippen LogP contribution in [0.15, 0.2) is 0 Å².